The molecule has 0 spiro atoms. The Balaban J connectivity index is 1.90. The van der Waals surface area contributed by atoms with Gasteiger partial charge in [0.05, 0.1) is 12.2 Å². The van der Waals surface area contributed by atoms with Crippen molar-refractivity contribution < 1.29 is 9.32 Å². The number of rotatable bonds is 3. The van der Waals surface area contributed by atoms with Crippen LogP contribution in [0.4, 0.5) is 0 Å². The third-order valence-electron chi connectivity index (χ3n) is 3.05. The summed E-state index contributed by atoms with van der Waals surface area (Å²) in [5.74, 6) is -0.351. The zero-order chi connectivity index (χ0) is 16.4. The van der Waals surface area contributed by atoms with Crippen LogP contribution in [0.3, 0.4) is 0 Å². The molecular weight excluding hydrogens is 357 g/mol. The van der Waals surface area contributed by atoms with E-state index in [0.29, 0.717) is 27.1 Å². The molecule has 0 aliphatic rings. The van der Waals surface area contributed by atoms with E-state index in [1.54, 1.807) is 25.1 Å². The Hall–Kier alpha value is -1.89. The highest BCUT2D eigenvalue weighted by Gasteiger charge is 2.11. The van der Waals surface area contributed by atoms with Gasteiger partial charge in [0, 0.05) is 27.7 Å². The van der Waals surface area contributed by atoms with Crippen LogP contribution in [0, 0.1) is 6.92 Å². The minimum absolute atomic E-state index is 0.118. The molecule has 0 aliphatic carbocycles. The summed E-state index contributed by atoms with van der Waals surface area (Å²) in [6.45, 7) is 2.23. The van der Waals surface area contributed by atoms with Crippen molar-refractivity contribution in [1.29, 1.82) is 0 Å². The normalized spacial score (nSPS) is 11.9. The molecule has 0 saturated heterocycles. The third kappa shape index (κ3) is 3.72. The number of thiazole rings is 1. The maximum atomic E-state index is 12.1. The second-order valence-corrected chi connectivity index (χ2v) is 6.52. The lowest BCUT2D eigenvalue weighted by atomic mass is 10.2. The SMILES string of the molecule is Cc1cc(C(=O)N=c2sccn2Cc2ccc(Cl)cc2Cl)on1. The van der Waals surface area contributed by atoms with Gasteiger partial charge in [0.15, 0.2) is 4.80 Å². The molecular formula is C15H11Cl2N3O2S. The Bertz CT molecular complexity index is 927. The van der Waals surface area contributed by atoms with Crippen molar-refractivity contribution in [2.45, 2.75) is 13.5 Å². The summed E-state index contributed by atoms with van der Waals surface area (Å²) in [7, 11) is 0. The van der Waals surface area contributed by atoms with Gasteiger partial charge in [-0.05, 0) is 24.6 Å². The summed E-state index contributed by atoms with van der Waals surface area (Å²) in [6, 6.07) is 6.86. The maximum Gasteiger partial charge on any atom is 0.318 e. The number of halogens is 2. The second-order valence-electron chi connectivity index (χ2n) is 4.80. The standard InChI is InChI=1S/C15H11Cl2N3O2S/c1-9-6-13(22-19-9)14(21)18-15-20(4-5-23-15)8-10-2-3-11(16)7-12(10)17/h2-7H,8H2,1H3. The average Bonchev–Trinajstić information content (AvgIpc) is 3.11. The first-order valence-electron chi connectivity index (χ1n) is 6.63. The number of amides is 1. The lowest BCUT2D eigenvalue weighted by Gasteiger charge is -2.06. The van der Waals surface area contributed by atoms with Gasteiger partial charge in [0.25, 0.3) is 0 Å². The number of hydrogen-bond donors (Lipinski definition) is 0. The van der Waals surface area contributed by atoms with E-state index in [1.165, 1.54) is 11.3 Å². The topological polar surface area (TPSA) is 60.4 Å². The van der Waals surface area contributed by atoms with Crippen LogP contribution in [0.25, 0.3) is 0 Å². The van der Waals surface area contributed by atoms with Crippen molar-refractivity contribution in [1.82, 2.24) is 9.72 Å². The number of benzene rings is 1. The van der Waals surface area contributed by atoms with Crippen molar-refractivity contribution in [2.75, 3.05) is 0 Å². The number of carbonyl (C=O) groups is 1. The number of aromatic nitrogens is 2. The van der Waals surface area contributed by atoms with E-state index in [-0.39, 0.29) is 5.76 Å². The molecule has 0 unspecified atom stereocenters. The Labute approximate surface area is 145 Å². The molecule has 0 saturated carbocycles. The van der Waals surface area contributed by atoms with Crippen molar-refractivity contribution in [3.63, 3.8) is 0 Å². The predicted molar refractivity (Wildman–Crippen MR) is 89.0 cm³/mol. The van der Waals surface area contributed by atoms with E-state index in [2.05, 4.69) is 10.1 Å². The molecule has 0 N–H and O–H groups in total. The highest BCUT2D eigenvalue weighted by atomic mass is 35.5. The molecule has 0 radical (unpaired) electrons. The highest BCUT2D eigenvalue weighted by Crippen LogP contribution is 2.21. The van der Waals surface area contributed by atoms with Crippen LogP contribution >= 0.6 is 34.5 Å². The van der Waals surface area contributed by atoms with Gasteiger partial charge in [-0.3, -0.25) is 4.79 Å². The summed E-state index contributed by atoms with van der Waals surface area (Å²) in [4.78, 5) is 16.7. The van der Waals surface area contributed by atoms with E-state index in [1.807, 2.05) is 22.2 Å². The van der Waals surface area contributed by atoms with Crippen molar-refractivity contribution in [3.8, 4) is 0 Å². The van der Waals surface area contributed by atoms with Gasteiger partial charge in [-0.15, -0.1) is 11.3 Å². The predicted octanol–water partition coefficient (Wildman–Crippen LogP) is 3.94. The Kier molecular flexibility index (Phi) is 4.66. The molecule has 3 rings (SSSR count). The molecule has 0 aliphatic heterocycles. The van der Waals surface area contributed by atoms with Crippen molar-refractivity contribution in [3.05, 3.63) is 67.7 Å². The largest absolute Gasteiger partial charge is 0.351 e. The molecule has 2 aromatic heterocycles. The minimum Gasteiger partial charge on any atom is -0.351 e. The van der Waals surface area contributed by atoms with Gasteiger partial charge < -0.3 is 9.09 Å². The van der Waals surface area contributed by atoms with Gasteiger partial charge >= 0.3 is 5.91 Å². The summed E-state index contributed by atoms with van der Waals surface area (Å²) in [6.07, 6.45) is 1.84. The van der Waals surface area contributed by atoms with Gasteiger partial charge in [-0.1, -0.05) is 34.4 Å². The second kappa shape index (κ2) is 6.70. The molecule has 8 heteroatoms. The monoisotopic (exact) mass is 367 g/mol. The third-order valence-corrected chi connectivity index (χ3v) is 4.43. The molecule has 1 amide bonds. The summed E-state index contributed by atoms with van der Waals surface area (Å²) in [5, 5.41) is 6.68. The van der Waals surface area contributed by atoms with Gasteiger partial charge in [-0.25, -0.2) is 0 Å². The zero-order valence-corrected chi connectivity index (χ0v) is 14.3. The van der Waals surface area contributed by atoms with Gasteiger partial charge in [0.1, 0.15) is 0 Å². The van der Waals surface area contributed by atoms with Gasteiger partial charge in [-0.2, -0.15) is 4.99 Å². The molecule has 0 atom stereocenters. The van der Waals surface area contributed by atoms with E-state index in [0.717, 1.165) is 5.56 Å². The van der Waals surface area contributed by atoms with Crippen LogP contribution in [0.1, 0.15) is 21.8 Å². The fraction of sp³-hybridized carbons (Fsp3) is 0.133. The summed E-state index contributed by atoms with van der Waals surface area (Å²) >= 11 is 13.4. The van der Waals surface area contributed by atoms with Crippen molar-refractivity contribution >= 4 is 40.4 Å². The van der Waals surface area contributed by atoms with Crippen LogP contribution < -0.4 is 4.80 Å². The molecule has 0 fully saturated rings. The first-order chi connectivity index (χ1) is 11.0. The Morgan fingerprint density at radius 1 is 1.39 bits per heavy atom. The molecule has 2 heterocycles. The van der Waals surface area contributed by atoms with Crippen LogP contribution in [-0.2, 0) is 6.54 Å². The molecule has 0 bridgehead atoms. The molecule has 5 nitrogen and oxygen atoms in total. The lowest BCUT2D eigenvalue weighted by molar-refractivity contribution is 0.0962. The molecule has 23 heavy (non-hydrogen) atoms. The summed E-state index contributed by atoms with van der Waals surface area (Å²) < 4.78 is 6.77. The number of aryl methyl sites for hydroxylation is 1. The summed E-state index contributed by atoms with van der Waals surface area (Å²) in [5.41, 5.74) is 1.52. The van der Waals surface area contributed by atoms with E-state index in [4.69, 9.17) is 27.7 Å². The first kappa shape index (κ1) is 16.0. The fourth-order valence-electron chi connectivity index (χ4n) is 1.95. The van der Waals surface area contributed by atoms with E-state index in [9.17, 15) is 4.79 Å². The van der Waals surface area contributed by atoms with E-state index < -0.39 is 5.91 Å². The van der Waals surface area contributed by atoms with Crippen LogP contribution in [0.2, 0.25) is 10.0 Å². The number of carbonyl (C=O) groups excluding carboxylic acids is 1. The van der Waals surface area contributed by atoms with E-state index >= 15 is 0 Å². The Morgan fingerprint density at radius 3 is 2.91 bits per heavy atom. The zero-order valence-electron chi connectivity index (χ0n) is 12.0. The minimum atomic E-state index is -0.469. The Morgan fingerprint density at radius 2 is 2.22 bits per heavy atom. The first-order valence-corrected chi connectivity index (χ1v) is 8.27. The van der Waals surface area contributed by atoms with Crippen molar-refractivity contribution in [2.24, 2.45) is 4.99 Å². The molecule has 3 aromatic rings. The lowest BCUT2D eigenvalue weighted by Crippen LogP contribution is -2.17. The van der Waals surface area contributed by atoms with Crippen LogP contribution in [-0.4, -0.2) is 15.6 Å². The van der Waals surface area contributed by atoms with Gasteiger partial charge in [0.2, 0.25) is 5.76 Å². The highest BCUT2D eigenvalue weighted by molar-refractivity contribution is 7.07. The molecule has 118 valence electrons. The smallest absolute Gasteiger partial charge is 0.318 e. The number of hydrogen-bond acceptors (Lipinski definition) is 4. The van der Waals surface area contributed by atoms with Crippen LogP contribution in [0.5, 0.6) is 0 Å². The average molecular weight is 368 g/mol. The quantitative estimate of drug-likeness (QED) is 0.704. The number of nitrogens with zero attached hydrogens (tertiary/aromatic N) is 3. The van der Waals surface area contributed by atoms with Crippen LogP contribution in [0.15, 0.2) is 45.4 Å². The molecule has 1 aromatic carbocycles. The fourth-order valence-corrected chi connectivity index (χ4v) is 3.14. The maximum absolute atomic E-state index is 12.1.